The van der Waals surface area contributed by atoms with Crippen LogP contribution >= 0.6 is 0 Å². The number of unbranched alkanes of at least 4 members (excludes halogenated alkanes) is 7. The van der Waals surface area contributed by atoms with Crippen LogP contribution in [0.5, 0.6) is 17.2 Å². The number of fused-ring (bicyclic) bond motifs is 2. The summed E-state index contributed by atoms with van der Waals surface area (Å²) in [6, 6.07) is 43.5. The molecule has 1 N–H and O–H groups in total. The van der Waals surface area contributed by atoms with Gasteiger partial charge in [0.05, 0.1) is 35.7 Å². The van der Waals surface area contributed by atoms with Crippen molar-refractivity contribution >= 4 is 44.5 Å². The van der Waals surface area contributed by atoms with Crippen molar-refractivity contribution in [1.29, 1.82) is 0 Å². The number of ether oxygens (including phenoxy) is 2. The number of rotatable bonds is 18. The number of phenols is 1. The fraction of sp³-hybridized carbons (Fsp3) is 0.213. The van der Waals surface area contributed by atoms with E-state index in [9.17, 15) is 9.90 Å². The summed E-state index contributed by atoms with van der Waals surface area (Å²) in [4.78, 5) is 12.3. The highest BCUT2D eigenvalue weighted by atomic mass is 16.5. The van der Waals surface area contributed by atoms with Gasteiger partial charge in [-0.2, -0.15) is 15.3 Å². The maximum absolute atomic E-state index is 12.3. The fourth-order valence-electron chi connectivity index (χ4n) is 6.58. The molecule has 0 bridgehead atoms. The van der Waals surface area contributed by atoms with E-state index in [1.807, 2.05) is 109 Å². The molecule has 7 aromatic rings. The van der Waals surface area contributed by atoms with E-state index in [0.29, 0.717) is 41.2 Å². The van der Waals surface area contributed by atoms with Gasteiger partial charge in [-0.3, -0.25) is 0 Å². The number of hydrogen-bond donors (Lipinski definition) is 1. The minimum Gasteiger partial charge on any atom is -0.507 e. The summed E-state index contributed by atoms with van der Waals surface area (Å²) in [5, 5.41) is 31.2. The largest absolute Gasteiger partial charge is 0.507 e. The number of hydrogen-bond acceptors (Lipinski definition) is 9. The van der Waals surface area contributed by atoms with Crippen molar-refractivity contribution in [3.05, 3.63) is 150 Å². The lowest BCUT2D eigenvalue weighted by Crippen LogP contribution is -2.00. The zero-order chi connectivity index (χ0) is 38.4. The van der Waals surface area contributed by atoms with Gasteiger partial charge in [0.2, 0.25) is 0 Å². The van der Waals surface area contributed by atoms with Gasteiger partial charge in [0.1, 0.15) is 28.5 Å². The van der Waals surface area contributed by atoms with Crippen molar-refractivity contribution in [2.45, 2.75) is 51.4 Å². The van der Waals surface area contributed by atoms with Gasteiger partial charge in [-0.1, -0.05) is 117 Å². The minimum absolute atomic E-state index is 0.0234. The number of nitrogens with zero attached hydrogens (tertiary/aromatic N) is 4. The normalized spacial score (nSPS) is 11.6. The van der Waals surface area contributed by atoms with Crippen LogP contribution in [-0.2, 0) is 0 Å². The van der Waals surface area contributed by atoms with Crippen LogP contribution in [0.3, 0.4) is 0 Å². The fourth-order valence-corrected chi connectivity index (χ4v) is 6.58. The molecule has 9 nitrogen and oxygen atoms in total. The molecule has 0 atom stereocenters. The van der Waals surface area contributed by atoms with Crippen LogP contribution in [0.1, 0.15) is 51.4 Å². The Morgan fingerprint density at radius 1 is 0.536 bits per heavy atom. The molecule has 0 saturated carbocycles. The van der Waals surface area contributed by atoms with Crippen LogP contribution < -0.4 is 15.1 Å². The van der Waals surface area contributed by atoms with Crippen molar-refractivity contribution in [2.75, 3.05) is 13.2 Å². The van der Waals surface area contributed by atoms with Gasteiger partial charge in [-0.25, -0.2) is 4.79 Å². The molecule has 9 heteroatoms. The van der Waals surface area contributed by atoms with Crippen molar-refractivity contribution in [3.8, 4) is 28.4 Å². The Morgan fingerprint density at radius 3 is 1.80 bits per heavy atom. The Kier molecular flexibility index (Phi) is 12.9. The monoisotopic (exact) mass is 744 g/mol. The average Bonchev–Trinajstić information content (AvgIpc) is 3.23. The SMILES string of the molecule is O=c1cc(-c2ccccc2)c2c(O)cc(OCCCCCCCCCCOc3ccc4ccccc4c3/N=N/c3ccc(/N=N/c4ccccc4)cc3)cc2o1. The van der Waals surface area contributed by atoms with E-state index in [4.69, 9.17) is 13.9 Å². The summed E-state index contributed by atoms with van der Waals surface area (Å²) >= 11 is 0. The molecule has 6 aromatic carbocycles. The second-order valence-corrected chi connectivity index (χ2v) is 13.6. The molecular weight excluding hydrogens is 701 g/mol. The van der Waals surface area contributed by atoms with Gasteiger partial charge in [0.15, 0.2) is 0 Å². The molecule has 0 aliphatic carbocycles. The first-order chi connectivity index (χ1) is 27.6. The Morgan fingerprint density at radius 2 is 1.11 bits per heavy atom. The standard InChI is InChI=1S/C47H44N4O5/c52-42-31-39(32-44-46(42)41(33-45(53)56-44)34-17-9-7-10-18-34)54-29-15-5-3-1-2-4-6-16-30-55-43-28-23-35-19-13-14-22-40(35)47(43)51-50-38-26-24-37(25-27-38)49-48-36-20-11-8-12-21-36/h7-14,17-28,31-33,52H,1-6,15-16,29-30H2/b49-48+,51-50+. The summed E-state index contributed by atoms with van der Waals surface area (Å²) in [6.07, 6.45) is 8.62. The molecule has 7 rings (SSSR count). The molecule has 56 heavy (non-hydrogen) atoms. The lowest BCUT2D eigenvalue weighted by atomic mass is 10.0. The molecule has 0 fully saturated rings. The summed E-state index contributed by atoms with van der Waals surface area (Å²) in [6.45, 7) is 1.14. The Hall–Kier alpha value is -6.61. The van der Waals surface area contributed by atoms with Crippen molar-refractivity contribution in [1.82, 2.24) is 0 Å². The molecule has 0 radical (unpaired) electrons. The van der Waals surface area contributed by atoms with E-state index in [1.54, 1.807) is 12.1 Å². The number of benzene rings is 6. The maximum atomic E-state index is 12.3. The molecule has 1 heterocycles. The number of azo groups is 2. The van der Waals surface area contributed by atoms with E-state index < -0.39 is 5.63 Å². The van der Waals surface area contributed by atoms with Gasteiger partial charge >= 0.3 is 5.63 Å². The van der Waals surface area contributed by atoms with Crippen molar-refractivity contribution < 1.29 is 19.0 Å². The van der Waals surface area contributed by atoms with Crippen LogP contribution in [0.15, 0.2) is 169 Å². The molecule has 0 saturated heterocycles. The third-order valence-electron chi connectivity index (χ3n) is 9.46. The van der Waals surface area contributed by atoms with Gasteiger partial charge < -0.3 is 19.0 Å². The van der Waals surface area contributed by atoms with E-state index in [2.05, 4.69) is 32.6 Å². The molecule has 282 valence electrons. The summed E-state index contributed by atoms with van der Waals surface area (Å²) in [7, 11) is 0. The number of phenolic OH excluding ortho intramolecular Hbond substituents is 1. The zero-order valence-electron chi connectivity index (χ0n) is 31.2. The zero-order valence-corrected chi connectivity index (χ0v) is 31.2. The quantitative estimate of drug-likeness (QED) is 0.0533. The van der Waals surface area contributed by atoms with Crippen molar-refractivity contribution in [2.24, 2.45) is 20.5 Å². The molecule has 0 spiro atoms. The predicted molar refractivity (Wildman–Crippen MR) is 223 cm³/mol. The third kappa shape index (κ3) is 10.1. The lowest BCUT2D eigenvalue weighted by Gasteiger charge is -2.11. The molecule has 0 unspecified atom stereocenters. The van der Waals surface area contributed by atoms with Crippen LogP contribution in [0.25, 0.3) is 32.9 Å². The second kappa shape index (κ2) is 19.1. The molecule has 0 aliphatic rings. The molecule has 1 aromatic heterocycles. The smallest absolute Gasteiger partial charge is 0.336 e. The van der Waals surface area contributed by atoms with Crippen LogP contribution in [0.2, 0.25) is 0 Å². The van der Waals surface area contributed by atoms with Gasteiger partial charge in [0.25, 0.3) is 0 Å². The Balaban J connectivity index is 0.820. The van der Waals surface area contributed by atoms with Crippen LogP contribution in [-0.4, -0.2) is 18.3 Å². The molecule has 0 amide bonds. The number of aromatic hydroxyl groups is 1. The van der Waals surface area contributed by atoms with Crippen molar-refractivity contribution in [3.63, 3.8) is 0 Å². The Bertz CT molecular complexity index is 2460. The van der Waals surface area contributed by atoms with Crippen LogP contribution in [0, 0.1) is 0 Å². The molecule has 0 aliphatic heterocycles. The topological polar surface area (TPSA) is 118 Å². The van der Waals surface area contributed by atoms with Gasteiger partial charge in [-0.15, -0.1) is 5.11 Å². The Labute approximate surface area is 326 Å². The van der Waals surface area contributed by atoms with E-state index in [1.165, 1.54) is 12.5 Å². The highest BCUT2D eigenvalue weighted by Gasteiger charge is 2.14. The summed E-state index contributed by atoms with van der Waals surface area (Å²) < 4.78 is 17.6. The molecular formula is C47H44N4O5. The highest BCUT2D eigenvalue weighted by molar-refractivity contribution is 5.98. The average molecular weight is 745 g/mol. The maximum Gasteiger partial charge on any atom is 0.336 e. The van der Waals surface area contributed by atoms with E-state index >= 15 is 0 Å². The predicted octanol–water partition coefficient (Wildman–Crippen LogP) is 13.7. The third-order valence-corrected chi connectivity index (χ3v) is 9.46. The van der Waals surface area contributed by atoms with Gasteiger partial charge in [0, 0.05) is 29.1 Å². The first-order valence-electron chi connectivity index (χ1n) is 19.2. The minimum atomic E-state index is -0.472. The highest BCUT2D eigenvalue weighted by Crippen LogP contribution is 2.38. The van der Waals surface area contributed by atoms with E-state index in [-0.39, 0.29) is 5.75 Å². The first-order valence-corrected chi connectivity index (χ1v) is 19.2. The lowest BCUT2D eigenvalue weighted by molar-refractivity contribution is 0.300. The van der Waals surface area contributed by atoms with Crippen LogP contribution in [0.4, 0.5) is 22.7 Å². The summed E-state index contributed by atoms with van der Waals surface area (Å²) in [5.41, 5.74) is 4.28. The van der Waals surface area contributed by atoms with Gasteiger partial charge in [-0.05, 0) is 66.3 Å². The van der Waals surface area contributed by atoms with E-state index in [0.717, 1.165) is 84.1 Å². The first kappa shape index (κ1) is 37.7. The summed E-state index contributed by atoms with van der Waals surface area (Å²) in [5.74, 6) is 1.23. The second-order valence-electron chi connectivity index (χ2n) is 13.6.